The van der Waals surface area contributed by atoms with E-state index in [4.69, 9.17) is 21.1 Å². The zero-order valence-corrected chi connectivity index (χ0v) is 18.0. The molecular weight excluding hydrogens is 505 g/mol. The maximum Gasteiger partial charge on any atom is 0.255 e. The highest BCUT2D eigenvalue weighted by atomic mass is 127. The largest absolute Gasteiger partial charge is 0.486 e. The summed E-state index contributed by atoms with van der Waals surface area (Å²) in [6, 6.07) is 17.1. The van der Waals surface area contributed by atoms with Crippen molar-refractivity contribution >= 4 is 51.6 Å². The van der Waals surface area contributed by atoms with Crippen LogP contribution in [0.3, 0.4) is 0 Å². The van der Waals surface area contributed by atoms with Crippen LogP contribution in [0.2, 0.25) is 5.02 Å². The quantitative estimate of drug-likeness (QED) is 0.380. The molecule has 0 aromatic heterocycles. The molecule has 3 aromatic rings. The predicted octanol–water partition coefficient (Wildman–Crippen LogP) is 5.20. The third-order valence-corrected chi connectivity index (χ3v) is 5.56. The number of carbonyl (C=O) groups excluding carboxylic acids is 2. The third kappa shape index (κ3) is 4.23. The average molecular weight is 520 g/mol. The molecule has 0 unspecified atom stereocenters. The lowest BCUT2D eigenvalue weighted by Crippen LogP contribution is -2.19. The highest BCUT2D eigenvalue weighted by Crippen LogP contribution is 2.37. The maximum absolute atomic E-state index is 13.3. The number of rotatable bonds is 4. The Kier molecular flexibility index (Phi) is 5.73. The molecule has 4 rings (SSSR count). The Morgan fingerprint density at radius 3 is 2.34 bits per heavy atom. The van der Waals surface area contributed by atoms with Gasteiger partial charge in [0.2, 0.25) is 0 Å². The lowest BCUT2D eigenvalue weighted by Gasteiger charge is -2.21. The van der Waals surface area contributed by atoms with Gasteiger partial charge in [-0.15, -0.1) is 0 Å². The van der Waals surface area contributed by atoms with E-state index >= 15 is 0 Å². The number of amides is 1. The first kappa shape index (κ1) is 19.7. The Morgan fingerprint density at radius 2 is 1.62 bits per heavy atom. The first-order chi connectivity index (χ1) is 14.0. The Balaban J connectivity index is 1.76. The van der Waals surface area contributed by atoms with Crippen LogP contribution in [0.4, 0.5) is 5.69 Å². The van der Waals surface area contributed by atoms with Crippen LogP contribution in [0.25, 0.3) is 0 Å². The average Bonchev–Trinajstić information content (AvgIpc) is 2.73. The summed E-state index contributed by atoms with van der Waals surface area (Å²) < 4.78 is 12.1. The highest BCUT2D eigenvalue weighted by molar-refractivity contribution is 14.1. The molecule has 1 heterocycles. The Hall–Kier alpha value is -2.58. The van der Waals surface area contributed by atoms with Crippen LogP contribution in [-0.2, 0) is 0 Å². The minimum absolute atomic E-state index is 0.214. The second-order valence-electron chi connectivity index (χ2n) is 6.31. The molecule has 0 fully saturated rings. The second-order valence-corrected chi connectivity index (χ2v) is 7.91. The highest BCUT2D eigenvalue weighted by Gasteiger charge is 2.23. The van der Waals surface area contributed by atoms with E-state index in [0.717, 1.165) is 3.57 Å². The van der Waals surface area contributed by atoms with Gasteiger partial charge in [-0.2, -0.15) is 0 Å². The van der Waals surface area contributed by atoms with Crippen molar-refractivity contribution in [3.63, 3.8) is 0 Å². The van der Waals surface area contributed by atoms with E-state index in [0.29, 0.717) is 52.1 Å². The smallest absolute Gasteiger partial charge is 0.255 e. The van der Waals surface area contributed by atoms with Crippen molar-refractivity contribution in [3.8, 4) is 11.5 Å². The van der Waals surface area contributed by atoms with E-state index in [1.165, 1.54) is 0 Å². The lowest BCUT2D eigenvalue weighted by atomic mass is 10.0. The summed E-state index contributed by atoms with van der Waals surface area (Å²) in [6.45, 7) is 0.802. The van der Waals surface area contributed by atoms with Crippen LogP contribution < -0.4 is 14.8 Å². The van der Waals surface area contributed by atoms with Gasteiger partial charge >= 0.3 is 0 Å². The van der Waals surface area contributed by atoms with Crippen molar-refractivity contribution in [1.29, 1.82) is 0 Å². The molecule has 0 atom stereocenters. The summed E-state index contributed by atoms with van der Waals surface area (Å²) in [4.78, 5) is 26.0. The van der Waals surface area contributed by atoms with E-state index in [-0.39, 0.29) is 11.7 Å². The van der Waals surface area contributed by atoms with Gasteiger partial charge in [0.1, 0.15) is 13.2 Å². The fourth-order valence-corrected chi connectivity index (χ4v) is 3.82. The van der Waals surface area contributed by atoms with Gasteiger partial charge < -0.3 is 14.8 Å². The van der Waals surface area contributed by atoms with Crippen LogP contribution in [0.5, 0.6) is 11.5 Å². The maximum atomic E-state index is 13.3. The number of carbonyl (C=O) groups is 2. The van der Waals surface area contributed by atoms with Crippen LogP contribution in [0.15, 0.2) is 60.7 Å². The molecule has 3 aromatic carbocycles. The zero-order chi connectivity index (χ0) is 20.4. The minimum Gasteiger partial charge on any atom is -0.486 e. The van der Waals surface area contributed by atoms with E-state index in [1.807, 2.05) is 12.1 Å². The summed E-state index contributed by atoms with van der Waals surface area (Å²) in [6.07, 6.45) is 0. The van der Waals surface area contributed by atoms with Crippen molar-refractivity contribution in [1.82, 2.24) is 0 Å². The lowest BCUT2D eigenvalue weighted by molar-refractivity contribution is 0.102. The van der Waals surface area contributed by atoms with Crippen molar-refractivity contribution in [3.05, 3.63) is 85.9 Å². The molecular formula is C22H15ClINO4. The zero-order valence-electron chi connectivity index (χ0n) is 15.1. The van der Waals surface area contributed by atoms with Gasteiger partial charge in [0.15, 0.2) is 17.3 Å². The SMILES string of the molecule is O=C(Nc1cc2c(cc1C(=O)c1ccccc1I)OCCO2)c1cccc(Cl)c1. The van der Waals surface area contributed by atoms with E-state index in [1.54, 1.807) is 48.5 Å². The van der Waals surface area contributed by atoms with Gasteiger partial charge in [-0.25, -0.2) is 0 Å². The molecule has 0 aliphatic carbocycles. The molecule has 146 valence electrons. The Labute approximate surface area is 186 Å². The molecule has 0 spiro atoms. The molecule has 0 bridgehead atoms. The molecule has 7 heteroatoms. The van der Waals surface area contributed by atoms with Crippen LogP contribution in [0.1, 0.15) is 26.3 Å². The topological polar surface area (TPSA) is 64.6 Å². The number of benzene rings is 3. The summed E-state index contributed by atoms with van der Waals surface area (Å²) in [5.74, 6) is 0.373. The molecule has 1 N–H and O–H groups in total. The van der Waals surface area contributed by atoms with Gasteiger partial charge in [-0.3, -0.25) is 9.59 Å². The van der Waals surface area contributed by atoms with Gasteiger partial charge in [0, 0.05) is 25.8 Å². The Morgan fingerprint density at radius 1 is 0.897 bits per heavy atom. The molecule has 1 amide bonds. The molecule has 1 aliphatic rings. The molecule has 0 radical (unpaired) electrons. The van der Waals surface area contributed by atoms with E-state index in [2.05, 4.69) is 27.9 Å². The number of anilines is 1. The van der Waals surface area contributed by atoms with Gasteiger partial charge in [-0.1, -0.05) is 29.8 Å². The first-order valence-electron chi connectivity index (χ1n) is 8.83. The summed E-state index contributed by atoms with van der Waals surface area (Å²) in [5.41, 5.74) is 1.61. The van der Waals surface area contributed by atoms with Crippen molar-refractivity contribution in [2.75, 3.05) is 18.5 Å². The number of ketones is 1. The standard InChI is InChI=1S/C22H15ClINO4/c23-14-5-3-4-13(10-14)22(27)25-18-12-20-19(28-8-9-29-20)11-16(18)21(26)15-6-1-2-7-17(15)24/h1-7,10-12H,8-9H2,(H,25,27). The van der Waals surface area contributed by atoms with Gasteiger partial charge in [0.05, 0.1) is 11.3 Å². The number of ether oxygens (including phenoxy) is 2. The van der Waals surface area contributed by atoms with E-state index in [9.17, 15) is 9.59 Å². The van der Waals surface area contributed by atoms with Gasteiger partial charge in [-0.05, 0) is 59.0 Å². The monoisotopic (exact) mass is 519 g/mol. The third-order valence-electron chi connectivity index (χ3n) is 4.38. The Bertz CT molecular complexity index is 1120. The van der Waals surface area contributed by atoms with Gasteiger partial charge in [0.25, 0.3) is 5.91 Å². The van der Waals surface area contributed by atoms with Crippen molar-refractivity contribution in [2.45, 2.75) is 0 Å². The number of nitrogens with one attached hydrogen (secondary N) is 1. The number of halogens is 2. The summed E-state index contributed by atoms with van der Waals surface area (Å²) in [5, 5.41) is 3.27. The normalized spacial score (nSPS) is 12.3. The predicted molar refractivity (Wildman–Crippen MR) is 119 cm³/mol. The number of hydrogen-bond donors (Lipinski definition) is 1. The number of hydrogen-bond acceptors (Lipinski definition) is 4. The molecule has 0 saturated heterocycles. The number of fused-ring (bicyclic) bond motifs is 1. The van der Waals surface area contributed by atoms with E-state index < -0.39 is 0 Å². The molecule has 5 nitrogen and oxygen atoms in total. The van der Waals surface area contributed by atoms with Crippen LogP contribution in [-0.4, -0.2) is 24.9 Å². The van der Waals surface area contributed by atoms with Crippen LogP contribution >= 0.6 is 34.2 Å². The fourth-order valence-electron chi connectivity index (χ4n) is 2.99. The molecule has 29 heavy (non-hydrogen) atoms. The molecule has 0 saturated carbocycles. The van der Waals surface area contributed by atoms with Crippen molar-refractivity contribution in [2.24, 2.45) is 0 Å². The molecule has 1 aliphatic heterocycles. The minimum atomic E-state index is -0.374. The summed E-state index contributed by atoms with van der Waals surface area (Å²) >= 11 is 8.11. The second kappa shape index (κ2) is 8.42. The summed E-state index contributed by atoms with van der Waals surface area (Å²) in [7, 11) is 0. The fraction of sp³-hybridized carbons (Fsp3) is 0.0909. The van der Waals surface area contributed by atoms with Crippen molar-refractivity contribution < 1.29 is 19.1 Å². The van der Waals surface area contributed by atoms with Crippen LogP contribution in [0, 0.1) is 3.57 Å². The first-order valence-corrected chi connectivity index (χ1v) is 10.3.